The van der Waals surface area contributed by atoms with Gasteiger partial charge in [0.15, 0.2) is 5.75 Å². The van der Waals surface area contributed by atoms with E-state index >= 15 is 0 Å². The Bertz CT molecular complexity index is 1330. The van der Waals surface area contributed by atoms with E-state index in [-0.39, 0.29) is 5.56 Å². The quantitative estimate of drug-likeness (QED) is 0.261. The maximum atomic E-state index is 12.4. The van der Waals surface area contributed by atoms with Crippen LogP contribution in [0.5, 0.6) is 5.75 Å². The highest BCUT2D eigenvalue weighted by Crippen LogP contribution is 2.37. The summed E-state index contributed by atoms with van der Waals surface area (Å²) in [7, 11) is 1.49. The van der Waals surface area contributed by atoms with E-state index in [9.17, 15) is 10.0 Å². The molecule has 158 valence electrons. The van der Waals surface area contributed by atoms with Crippen molar-refractivity contribution in [3.8, 4) is 40.0 Å². The molecule has 0 spiro atoms. The zero-order chi connectivity index (χ0) is 22.5. The third-order valence-corrected chi connectivity index (χ3v) is 5.30. The number of benzene rings is 3. The number of amides is 1. The minimum atomic E-state index is -0.647. The maximum absolute atomic E-state index is 12.4. The van der Waals surface area contributed by atoms with Crippen LogP contribution in [0.25, 0.3) is 33.3 Å². The molecule has 0 atom stereocenters. The van der Waals surface area contributed by atoms with Crippen molar-refractivity contribution in [3.63, 3.8) is 0 Å². The smallest absolute Gasteiger partial charge is 0.279 e. The van der Waals surface area contributed by atoms with E-state index < -0.39 is 5.91 Å². The van der Waals surface area contributed by atoms with Gasteiger partial charge in [-0.05, 0) is 29.7 Å². The summed E-state index contributed by atoms with van der Waals surface area (Å²) >= 11 is 0. The fourth-order valence-corrected chi connectivity index (χ4v) is 3.70. The Morgan fingerprint density at radius 3 is 2.22 bits per heavy atom. The van der Waals surface area contributed by atoms with Crippen molar-refractivity contribution in [2.45, 2.75) is 13.3 Å². The number of pyridine rings is 1. The van der Waals surface area contributed by atoms with Gasteiger partial charge in [-0.25, -0.2) is 10.5 Å². The predicted octanol–water partition coefficient (Wildman–Crippen LogP) is 5.26. The highest BCUT2D eigenvalue weighted by atomic mass is 16.5. The van der Waals surface area contributed by atoms with Gasteiger partial charge in [-0.2, -0.15) is 0 Å². The molecule has 1 amide bonds. The number of hydroxylamine groups is 1. The third kappa shape index (κ3) is 4.04. The van der Waals surface area contributed by atoms with Gasteiger partial charge in [0.1, 0.15) is 5.69 Å². The van der Waals surface area contributed by atoms with Gasteiger partial charge in [-0.1, -0.05) is 72.7 Å². The molecule has 32 heavy (non-hydrogen) atoms. The van der Waals surface area contributed by atoms with Crippen molar-refractivity contribution < 1.29 is 14.7 Å². The molecule has 0 aliphatic heterocycles. The van der Waals surface area contributed by atoms with Gasteiger partial charge >= 0.3 is 0 Å². The second-order valence-electron chi connectivity index (χ2n) is 7.20. The third-order valence-electron chi connectivity index (χ3n) is 5.30. The fourth-order valence-electron chi connectivity index (χ4n) is 3.70. The number of fused-ring (bicyclic) bond motifs is 1. The Labute approximate surface area is 186 Å². The predicted molar refractivity (Wildman–Crippen MR) is 126 cm³/mol. The van der Waals surface area contributed by atoms with Crippen LogP contribution in [-0.4, -0.2) is 23.2 Å². The van der Waals surface area contributed by atoms with Gasteiger partial charge in [0, 0.05) is 17.4 Å². The molecule has 5 heteroatoms. The number of aromatic nitrogens is 1. The molecule has 1 heterocycles. The standard InChI is InChI=1S/C27H22N2O3/c1-3-4-7-18-10-12-19(13-11-18)20-14-16-21(17-15-20)25-26(32-2)24(27(30)29-31)22-8-5-6-9-23(22)28-25/h5-6,8-17,31H,7H2,1-2H3,(H,29,30). The normalized spacial score (nSPS) is 10.3. The fraction of sp³-hybridized carbons (Fsp3) is 0.111. The summed E-state index contributed by atoms with van der Waals surface area (Å²) in [6, 6.07) is 23.5. The van der Waals surface area contributed by atoms with Crippen LogP contribution < -0.4 is 10.2 Å². The molecule has 4 rings (SSSR count). The molecular weight excluding hydrogens is 400 g/mol. The Morgan fingerprint density at radius 1 is 0.969 bits per heavy atom. The zero-order valence-corrected chi connectivity index (χ0v) is 17.8. The van der Waals surface area contributed by atoms with Crippen LogP contribution in [0.3, 0.4) is 0 Å². The van der Waals surface area contributed by atoms with Crippen molar-refractivity contribution >= 4 is 16.8 Å². The molecule has 1 aromatic heterocycles. The highest BCUT2D eigenvalue weighted by molar-refractivity contribution is 6.10. The first-order valence-corrected chi connectivity index (χ1v) is 10.2. The Balaban J connectivity index is 1.76. The number of methoxy groups -OCH3 is 1. The molecule has 0 saturated carbocycles. The SMILES string of the molecule is CC#CCc1ccc(-c2ccc(-c3nc4ccccc4c(C(=O)NO)c3OC)cc2)cc1. The molecule has 0 aliphatic rings. The van der Waals surface area contributed by atoms with Crippen molar-refractivity contribution in [2.75, 3.05) is 7.11 Å². The van der Waals surface area contributed by atoms with Gasteiger partial charge in [0.05, 0.1) is 18.2 Å². The Hall–Kier alpha value is -4.14. The molecule has 3 aromatic carbocycles. The number of para-hydroxylation sites is 1. The van der Waals surface area contributed by atoms with Gasteiger partial charge in [-0.3, -0.25) is 10.0 Å². The monoisotopic (exact) mass is 422 g/mol. The summed E-state index contributed by atoms with van der Waals surface area (Å²) in [6.45, 7) is 1.84. The minimum absolute atomic E-state index is 0.241. The molecule has 0 bridgehead atoms. The summed E-state index contributed by atoms with van der Waals surface area (Å²) in [4.78, 5) is 17.2. The van der Waals surface area contributed by atoms with E-state index in [2.05, 4.69) is 36.1 Å². The molecule has 0 unspecified atom stereocenters. The summed E-state index contributed by atoms with van der Waals surface area (Å²) < 4.78 is 5.58. The van der Waals surface area contributed by atoms with Crippen molar-refractivity contribution in [1.82, 2.24) is 10.5 Å². The van der Waals surface area contributed by atoms with Crippen molar-refractivity contribution in [3.05, 3.63) is 83.9 Å². The maximum Gasteiger partial charge on any atom is 0.279 e. The summed E-state index contributed by atoms with van der Waals surface area (Å²) in [6.07, 6.45) is 0.743. The van der Waals surface area contributed by atoms with Crippen LogP contribution >= 0.6 is 0 Å². The van der Waals surface area contributed by atoms with Crippen LogP contribution in [0.2, 0.25) is 0 Å². The lowest BCUT2D eigenvalue weighted by molar-refractivity contribution is 0.0705. The largest absolute Gasteiger partial charge is 0.494 e. The number of hydrogen-bond donors (Lipinski definition) is 2. The number of carbonyl (C=O) groups excluding carboxylic acids is 1. The first kappa shape index (κ1) is 21.1. The van der Waals surface area contributed by atoms with E-state index in [4.69, 9.17) is 9.72 Å². The molecule has 4 aromatic rings. The number of nitrogens with zero attached hydrogens (tertiary/aromatic N) is 1. The molecule has 0 saturated heterocycles. The van der Waals surface area contributed by atoms with Gasteiger partial charge < -0.3 is 4.74 Å². The van der Waals surface area contributed by atoms with E-state index in [0.717, 1.165) is 23.1 Å². The molecule has 2 N–H and O–H groups in total. The topological polar surface area (TPSA) is 71.5 Å². The molecule has 5 nitrogen and oxygen atoms in total. The lowest BCUT2D eigenvalue weighted by Gasteiger charge is -2.15. The number of ether oxygens (including phenoxy) is 1. The summed E-state index contributed by atoms with van der Waals surface area (Å²) in [5, 5.41) is 9.88. The van der Waals surface area contributed by atoms with E-state index in [1.54, 1.807) is 11.5 Å². The van der Waals surface area contributed by atoms with Gasteiger partial charge in [0.25, 0.3) is 5.91 Å². The van der Waals surface area contributed by atoms with E-state index in [1.165, 1.54) is 12.7 Å². The van der Waals surface area contributed by atoms with E-state index in [1.807, 2.05) is 49.4 Å². The lowest BCUT2D eigenvalue weighted by atomic mass is 9.98. The number of nitrogens with one attached hydrogen (secondary N) is 1. The van der Waals surface area contributed by atoms with Crippen LogP contribution in [0.4, 0.5) is 0 Å². The zero-order valence-electron chi connectivity index (χ0n) is 17.8. The number of hydrogen-bond acceptors (Lipinski definition) is 4. The first-order chi connectivity index (χ1) is 15.7. The van der Waals surface area contributed by atoms with Gasteiger partial charge in [0.2, 0.25) is 0 Å². The van der Waals surface area contributed by atoms with Crippen LogP contribution in [0.15, 0.2) is 72.8 Å². The second kappa shape index (κ2) is 9.34. The minimum Gasteiger partial charge on any atom is -0.494 e. The van der Waals surface area contributed by atoms with Crippen LogP contribution in [0, 0.1) is 11.8 Å². The Kier molecular flexibility index (Phi) is 6.16. The van der Waals surface area contributed by atoms with Crippen molar-refractivity contribution in [2.24, 2.45) is 0 Å². The van der Waals surface area contributed by atoms with Crippen LogP contribution in [0.1, 0.15) is 22.8 Å². The summed E-state index contributed by atoms with van der Waals surface area (Å²) in [5.41, 5.74) is 7.28. The Morgan fingerprint density at radius 2 is 1.59 bits per heavy atom. The number of rotatable bonds is 5. The average Bonchev–Trinajstić information content (AvgIpc) is 2.86. The van der Waals surface area contributed by atoms with Crippen molar-refractivity contribution in [1.29, 1.82) is 0 Å². The lowest BCUT2D eigenvalue weighted by Crippen LogP contribution is -2.20. The molecule has 0 aliphatic carbocycles. The molecular formula is C27H22N2O3. The molecule has 0 radical (unpaired) electrons. The highest BCUT2D eigenvalue weighted by Gasteiger charge is 2.22. The van der Waals surface area contributed by atoms with Crippen LogP contribution in [-0.2, 0) is 6.42 Å². The molecule has 0 fully saturated rings. The average molecular weight is 422 g/mol. The first-order valence-electron chi connectivity index (χ1n) is 10.2. The van der Waals surface area contributed by atoms with E-state index in [0.29, 0.717) is 22.3 Å². The van der Waals surface area contributed by atoms with Gasteiger partial charge in [-0.15, -0.1) is 5.92 Å². The summed E-state index contributed by atoms with van der Waals surface area (Å²) in [5.74, 6) is 5.65. The number of carbonyl (C=O) groups is 1. The second-order valence-corrected chi connectivity index (χ2v) is 7.20.